The van der Waals surface area contributed by atoms with Crippen molar-refractivity contribution in [3.63, 3.8) is 0 Å². The average molecular weight is 284 g/mol. The number of rotatable bonds is 4. The van der Waals surface area contributed by atoms with Crippen LogP contribution in [0, 0.1) is 0 Å². The van der Waals surface area contributed by atoms with Gasteiger partial charge >= 0.3 is 0 Å². The van der Waals surface area contributed by atoms with Gasteiger partial charge < -0.3 is 10.2 Å². The lowest BCUT2D eigenvalue weighted by Crippen LogP contribution is -2.73. The third-order valence-electron chi connectivity index (χ3n) is 4.31. The molecule has 2 aliphatic rings. The fourth-order valence-corrected chi connectivity index (χ4v) is 3.67. The molecule has 19 heavy (non-hydrogen) atoms. The van der Waals surface area contributed by atoms with Crippen molar-refractivity contribution in [2.24, 2.45) is 0 Å². The minimum absolute atomic E-state index is 0.0544. The quantitative estimate of drug-likeness (QED) is 0.801. The van der Waals surface area contributed by atoms with Gasteiger partial charge in [-0.15, -0.1) is 0 Å². The van der Waals surface area contributed by atoms with E-state index in [1.165, 1.54) is 0 Å². The van der Waals surface area contributed by atoms with E-state index in [2.05, 4.69) is 11.6 Å². The minimum atomic E-state index is -0.760. The molecule has 2 fully saturated rings. The summed E-state index contributed by atoms with van der Waals surface area (Å²) in [6, 6.07) is 0. The highest BCUT2D eigenvalue weighted by molar-refractivity contribution is 7.98. The van der Waals surface area contributed by atoms with Crippen molar-refractivity contribution in [1.29, 1.82) is 0 Å². The summed E-state index contributed by atoms with van der Waals surface area (Å²) in [6.45, 7) is 4.31. The highest BCUT2D eigenvalue weighted by atomic mass is 32.2. The Bertz CT molecular complexity index is 376. The molecule has 0 bridgehead atoms. The normalized spacial score (nSPS) is 24.9. The van der Waals surface area contributed by atoms with Crippen LogP contribution in [-0.4, -0.2) is 46.3 Å². The van der Waals surface area contributed by atoms with Crippen molar-refractivity contribution in [1.82, 2.24) is 10.2 Å². The lowest BCUT2D eigenvalue weighted by Gasteiger charge is -2.49. The van der Waals surface area contributed by atoms with E-state index in [4.69, 9.17) is 0 Å². The first kappa shape index (κ1) is 14.7. The van der Waals surface area contributed by atoms with Gasteiger partial charge in [0, 0.05) is 6.54 Å². The van der Waals surface area contributed by atoms with Crippen molar-refractivity contribution in [2.75, 3.05) is 18.6 Å². The number of nitrogens with one attached hydrogen (secondary N) is 1. The predicted molar refractivity (Wildman–Crippen MR) is 78.1 cm³/mol. The van der Waals surface area contributed by atoms with Crippen LogP contribution in [-0.2, 0) is 9.59 Å². The van der Waals surface area contributed by atoms with Gasteiger partial charge in [0.1, 0.15) is 11.1 Å². The van der Waals surface area contributed by atoms with Gasteiger partial charge in [0.25, 0.3) is 0 Å². The largest absolute Gasteiger partial charge is 0.340 e. The van der Waals surface area contributed by atoms with E-state index in [0.29, 0.717) is 6.54 Å². The lowest BCUT2D eigenvalue weighted by molar-refractivity contribution is -0.161. The van der Waals surface area contributed by atoms with Gasteiger partial charge in [-0.25, -0.2) is 0 Å². The Balaban J connectivity index is 2.24. The molecular weight excluding hydrogens is 260 g/mol. The standard InChI is InChI=1S/C14H24N2O2S/c1-13(2)12(18)16(9-6-10-19-3)14(11(17)15-13)7-4-5-8-14/h4-10H2,1-3H3,(H,15,17). The van der Waals surface area contributed by atoms with E-state index in [1.807, 2.05) is 4.90 Å². The Morgan fingerprint density at radius 1 is 1.26 bits per heavy atom. The van der Waals surface area contributed by atoms with E-state index < -0.39 is 11.1 Å². The summed E-state index contributed by atoms with van der Waals surface area (Å²) >= 11 is 1.78. The summed E-state index contributed by atoms with van der Waals surface area (Å²) in [4.78, 5) is 27.0. The molecule has 1 saturated heterocycles. The van der Waals surface area contributed by atoms with Crippen molar-refractivity contribution < 1.29 is 9.59 Å². The Hall–Kier alpha value is -0.710. The van der Waals surface area contributed by atoms with Crippen LogP contribution in [0.1, 0.15) is 46.0 Å². The van der Waals surface area contributed by atoms with Crippen LogP contribution in [0.2, 0.25) is 0 Å². The number of hydrogen-bond acceptors (Lipinski definition) is 3. The Labute approximate surface area is 119 Å². The molecule has 0 unspecified atom stereocenters. The molecule has 0 aromatic heterocycles. The molecule has 0 aromatic carbocycles. The van der Waals surface area contributed by atoms with E-state index in [-0.39, 0.29) is 11.8 Å². The van der Waals surface area contributed by atoms with Crippen molar-refractivity contribution >= 4 is 23.6 Å². The number of carbonyl (C=O) groups excluding carboxylic acids is 2. The second kappa shape index (κ2) is 5.35. The zero-order chi connectivity index (χ0) is 14.1. The topological polar surface area (TPSA) is 49.4 Å². The smallest absolute Gasteiger partial charge is 0.248 e. The molecule has 1 N–H and O–H groups in total. The van der Waals surface area contributed by atoms with Crippen molar-refractivity contribution in [3.05, 3.63) is 0 Å². The fourth-order valence-electron chi connectivity index (χ4n) is 3.25. The van der Waals surface area contributed by atoms with Crippen LogP contribution in [0.15, 0.2) is 0 Å². The first-order valence-corrected chi connectivity index (χ1v) is 8.47. The number of nitrogens with zero attached hydrogens (tertiary/aromatic N) is 1. The highest BCUT2D eigenvalue weighted by Gasteiger charge is 2.55. The first-order chi connectivity index (χ1) is 8.94. The van der Waals surface area contributed by atoms with Crippen LogP contribution in [0.25, 0.3) is 0 Å². The molecule has 1 spiro atoms. The summed E-state index contributed by atoms with van der Waals surface area (Å²) in [5, 5.41) is 2.92. The third-order valence-corrected chi connectivity index (χ3v) is 5.00. The number of piperazine rings is 1. The van der Waals surface area contributed by atoms with Gasteiger partial charge in [0.15, 0.2) is 0 Å². The second-order valence-electron chi connectivity index (χ2n) is 6.12. The molecule has 1 heterocycles. The Morgan fingerprint density at radius 3 is 2.47 bits per heavy atom. The molecule has 4 nitrogen and oxygen atoms in total. The predicted octanol–water partition coefficient (Wildman–Crippen LogP) is 1.79. The van der Waals surface area contributed by atoms with E-state index in [0.717, 1.165) is 37.9 Å². The Kier molecular flexibility index (Phi) is 4.14. The zero-order valence-electron chi connectivity index (χ0n) is 12.1. The summed E-state index contributed by atoms with van der Waals surface area (Å²) in [6.07, 6.45) is 6.75. The highest BCUT2D eigenvalue weighted by Crippen LogP contribution is 2.39. The van der Waals surface area contributed by atoms with E-state index in [9.17, 15) is 9.59 Å². The van der Waals surface area contributed by atoms with Crippen molar-refractivity contribution in [2.45, 2.75) is 57.0 Å². The minimum Gasteiger partial charge on any atom is -0.340 e. The Morgan fingerprint density at radius 2 is 1.89 bits per heavy atom. The molecule has 2 amide bonds. The van der Waals surface area contributed by atoms with Crippen molar-refractivity contribution in [3.8, 4) is 0 Å². The maximum absolute atomic E-state index is 12.7. The average Bonchev–Trinajstić information content (AvgIpc) is 2.82. The van der Waals surface area contributed by atoms with Gasteiger partial charge in [-0.1, -0.05) is 12.8 Å². The number of thioether (sulfide) groups is 1. The summed E-state index contributed by atoms with van der Waals surface area (Å²) < 4.78 is 0. The molecule has 1 aliphatic carbocycles. The van der Waals surface area contributed by atoms with Gasteiger partial charge in [-0.2, -0.15) is 11.8 Å². The first-order valence-electron chi connectivity index (χ1n) is 7.08. The van der Waals surface area contributed by atoms with Crippen LogP contribution in [0.3, 0.4) is 0 Å². The molecule has 108 valence electrons. The fraction of sp³-hybridized carbons (Fsp3) is 0.857. The summed E-state index contributed by atoms with van der Waals surface area (Å²) in [5.74, 6) is 1.16. The third kappa shape index (κ3) is 2.49. The maximum atomic E-state index is 12.7. The van der Waals surface area contributed by atoms with Crippen LogP contribution in [0.4, 0.5) is 0 Å². The molecule has 0 aromatic rings. The maximum Gasteiger partial charge on any atom is 0.248 e. The van der Waals surface area contributed by atoms with Gasteiger partial charge in [-0.05, 0) is 45.1 Å². The van der Waals surface area contributed by atoms with Crippen LogP contribution < -0.4 is 5.32 Å². The number of carbonyl (C=O) groups is 2. The summed E-state index contributed by atoms with van der Waals surface area (Å²) in [7, 11) is 0. The molecule has 1 saturated carbocycles. The van der Waals surface area contributed by atoms with Gasteiger partial charge in [0.2, 0.25) is 11.8 Å². The zero-order valence-corrected chi connectivity index (χ0v) is 12.9. The molecule has 0 atom stereocenters. The molecular formula is C14H24N2O2S. The van der Waals surface area contributed by atoms with Crippen LogP contribution in [0.5, 0.6) is 0 Å². The second-order valence-corrected chi connectivity index (χ2v) is 7.11. The lowest BCUT2D eigenvalue weighted by atomic mass is 9.85. The number of amides is 2. The van der Waals surface area contributed by atoms with E-state index >= 15 is 0 Å². The monoisotopic (exact) mass is 284 g/mol. The molecule has 1 aliphatic heterocycles. The van der Waals surface area contributed by atoms with E-state index in [1.54, 1.807) is 25.6 Å². The van der Waals surface area contributed by atoms with Gasteiger partial charge in [-0.3, -0.25) is 9.59 Å². The SMILES string of the molecule is CSCCCN1C(=O)C(C)(C)NC(=O)C12CCCC2. The summed E-state index contributed by atoms with van der Waals surface area (Å²) in [5.41, 5.74) is -1.31. The molecule has 2 rings (SSSR count). The molecule has 0 radical (unpaired) electrons. The van der Waals surface area contributed by atoms with Crippen LogP contribution >= 0.6 is 11.8 Å². The van der Waals surface area contributed by atoms with Gasteiger partial charge in [0.05, 0.1) is 0 Å². The number of hydrogen-bond donors (Lipinski definition) is 1. The molecule has 5 heteroatoms.